The van der Waals surface area contributed by atoms with Gasteiger partial charge in [-0.15, -0.1) is 0 Å². The second-order valence-electron chi connectivity index (χ2n) is 4.40. The van der Waals surface area contributed by atoms with Crippen molar-refractivity contribution in [1.82, 2.24) is 10.3 Å². The normalized spacial score (nSPS) is 11.3. The average molecular weight is 224 g/mol. The topological polar surface area (TPSA) is 38.1 Å². The summed E-state index contributed by atoms with van der Waals surface area (Å²) in [7, 11) is 0. The second-order valence-corrected chi connectivity index (χ2v) is 4.40. The van der Waals surface area contributed by atoms with Crippen LogP contribution in [0.4, 0.5) is 0 Å². The Morgan fingerprint density at radius 1 is 1.19 bits per heavy atom. The van der Waals surface area contributed by atoms with Crippen molar-refractivity contribution in [3.05, 3.63) is 17.3 Å². The predicted molar refractivity (Wildman–Crippen MR) is 66.4 cm³/mol. The highest BCUT2D eigenvalue weighted by atomic mass is 16.4. The maximum Gasteiger partial charge on any atom is 0.208 e. The molecule has 0 aromatic carbocycles. The maximum atomic E-state index is 5.55. The van der Waals surface area contributed by atoms with Crippen LogP contribution in [-0.2, 0) is 6.54 Å². The van der Waals surface area contributed by atoms with E-state index in [0.717, 1.165) is 23.9 Å². The molecule has 0 amide bonds. The molecule has 0 aliphatic rings. The Hall–Kier alpha value is -0.830. The number of rotatable bonds is 7. The summed E-state index contributed by atoms with van der Waals surface area (Å²) < 4.78 is 5.55. The Morgan fingerprint density at radius 3 is 2.25 bits per heavy atom. The van der Waals surface area contributed by atoms with Gasteiger partial charge in [0.2, 0.25) is 5.89 Å². The summed E-state index contributed by atoms with van der Waals surface area (Å²) in [4.78, 5) is 4.37. The molecule has 0 atom stereocenters. The van der Waals surface area contributed by atoms with Crippen LogP contribution in [0.2, 0.25) is 0 Å². The lowest BCUT2D eigenvalue weighted by Crippen LogP contribution is -2.28. The van der Waals surface area contributed by atoms with E-state index in [1.807, 2.05) is 13.8 Å². The van der Waals surface area contributed by atoms with Crippen molar-refractivity contribution in [1.29, 1.82) is 0 Å². The fourth-order valence-corrected chi connectivity index (χ4v) is 1.89. The molecule has 0 bridgehead atoms. The number of aromatic nitrogens is 1. The summed E-state index contributed by atoms with van der Waals surface area (Å²) in [6, 6.07) is 0.600. The Kier molecular flexibility index (Phi) is 5.53. The first-order valence-corrected chi connectivity index (χ1v) is 6.33. The Bertz CT molecular complexity index is 281. The summed E-state index contributed by atoms with van der Waals surface area (Å²) in [5.41, 5.74) is 0.999. The van der Waals surface area contributed by atoms with E-state index in [0.29, 0.717) is 6.04 Å². The van der Waals surface area contributed by atoms with Crippen LogP contribution < -0.4 is 5.32 Å². The summed E-state index contributed by atoms with van der Waals surface area (Å²) >= 11 is 0. The van der Waals surface area contributed by atoms with Crippen LogP contribution in [0.25, 0.3) is 0 Å². The number of nitrogens with one attached hydrogen (secondary N) is 1. The summed E-state index contributed by atoms with van der Waals surface area (Å²) in [5.74, 6) is 1.74. The van der Waals surface area contributed by atoms with E-state index in [1.165, 1.54) is 25.7 Å². The highest BCUT2D eigenvalue weighted by Crippen LogP contribution is 2.10. The molecule has 92 valence electrons. The van der Waals surface area contributed by atoms with E-state index in [4.69, 9.17) is 4.42 Å². The van der Waals surface area contributed by atoms with Gasteiger partial charge in [0, 0.05) is 6.04 Å². The average Bonchev–Trinajstić information content (AvgIpc) is 2.56. The zero-order valence-corrected chi connectivity index (χ0v) is 11.0. The first kappa shape index (κ1) is 13.2. The van der Waals surface area contributed by atoms with Crippen molar-refractivity contribution in [3.63, 3.8) is 0 Å². The van der Waals surface area contributed by atoms with Crippen molar-refractivity contribution in [3.8, 4) is 0 Å². The van der Waals surface area contributed by atoms with E-state index in [1.54, 1.807) is 0 Å². The van der Waals surface area contributed by atoms with E-state index >= 15 is 0 Å². The van der Waals surface area contributed by atoms with Gasteiger partial charge in [-0.05, 0) is 26.7 Å². The highest BCUT2D eigenvalue weighted by molar-refractivity contribution is 5.05. The number of hydrogen-bond acceptors (Lipinski definition) is 3. The molecular formula is C13H24N2O. The van der Waals surface area contributed by atoms with Crippen LogP contribution in [0.1, 0.15) is 56.9 Å². The van der Waals surface area contributed by atoms with E-state index in [-0.39, 0.29) is 0 Å². The summed E-state index contributed by atoms with van der Waals surface area (Å²) in [6.07, 6.45) is 4.90. The molecule has 0 unspecified atom stereocenters. The van der Waals surface area contributed by atoms with Crippen molar-refractivity contribution in [2.75, 3.05) is 0 Å². The molecule has 0 saturated carbocycles. The predicted octanol–water partition coefficient (Wildman–Crippen LogP) is 3.35. The van der Waals surface area contributed by atoms with Crippen LogP contribution in [0, 0.1) is 13.8 Å². The van der Waals surface area contributed by atoms with Gasteiger partial charge in [0.1, 0.15) is 5.76 Å². The zero-order chi connectivity index (χ0) is 12.0. The zero-order valence-electron chi connectivity index (χ0n) is 11.0. The second kappa shape index (κ2) is 6.69. The quantitative estimate of drug-likeness (QED) is 0.772. The van der Waals surface area contributed by atoms with E-state index in [2.05, 4.69) is 24.1 Å². The Morgan fingerprint density at radius 2 is 1.81 bits per heavy atom. The van der Waals surface area contributed by atoms with Gasteiger partial charge < -0.3 is 9.73 Å². The maximum absolute atomic E-state index is 5.55. The smallest absolute Gasteiger partial charge is 0.208 e. The third-order valence-electron chi connectivity index (χ3n) is 2.89. The molecule has 0 aliphatic heterocycles. The molecule has 3 nitrogen and oxygen atoms in total. The van der Waals surface area contributed by atoms with Gasteiger partial charge in [-0.2, -0.15) is 0 Å². The lowest BCUT2D eigenvalue weighted by Gasteiger charge is -2.15. The number of hydrogen-bond donors (Lipinski definition) is 1. The molecule has 1 heterocycles. The van der Waals surface area contributed by atoms with Crippen LogP contribution in [0.15, 0.2) is 4.42 Å². The molecule has 0 aliphatic carbocycles. The molecule has 1 aromatic heterocycles. The molecule has 0 saturated heterocycles. The number of aryl methyl sites for hydroxylation is 2. The van der Waals surface area contributed by atoms with Gasteiger partial charge in [0.15, 0.2) is 0 Å². The lowest BCUT2D eigenvalue weighted by atomic mass is 10.1. The fraction of sp³-hybridized carbons (Fsp3) is 0.769. The summed E-state index contributed by atoms with van der Waals surface area (Å²) in [5, 5.41) is 3.52. The largest absolute Gasteiger partial charge is 0.444 e. The third-order valence-corrected chi connectivity index (χ3v) is 2.89. The highest BCUT2D eigenvalue weighted by Gasteiger charge is 2.09. The Balaban J connectivity index is 2.41. The number of oxazole rings is 1. The van der Waals surface area contributed by atoms with Crippen LogP contribution in [0.3, 0.4) is 0 Å². The molecule has 1 rings (SSSR count). The van der Waals surface area contributed by atoms with Gasteiger partial charge in [-0.3, -0.25) is 0 Å². The van der Waals surface area contributed by atoms with Crippen molar-refractivity contribution >= 4 is 0 Å². The molecule has 1 N–H and O–H groups in total. The van der Waals surface area contributed by atoms with Crippen molar-refractivity contribution < 1.29 is 4.42 Å². The SMILES string of the molecule is CCCC(CCC)NCc1nc(C)c(C)o1. The lowest BCUT2D eigenvalue weighted by molar-refractivity contribution is 0.393. The minimum Gasteiger partial charge on any atom is -0.444 e. The standard InChI is InChI=1S/C13H24N2O/c1-5-7-12(8-6-2)14-9-13-15-10(3)11(4)16-13/h12,14H,5-9H2,1-4H3. The van der Waals surface area contributed by atoms with Gasteiger partial charge in [-0.1, -0.05) is 26.7 Å². The molecule has 1 aromatic rings. The molecule has 0 fully saturated rings. The first-order chi connectivity index (χ1) is 7.67. The molecule has 3 heteroatoms. The minimum absolute atomic E-state index is 0.600. The van der Waals surface area contributed by atoms with E-state index in [9.17, 15) is 0 Å². The van der Waals surface area contributed by atoms with Crippen LogP contribution in [0.5, 0.6) is 0 Å². The van der Waals surface area contributed by atoms with E-state index < -0.39 is 0 Å². The van der Waals surface area contributed by atoms with Gasteiger partial charge in [0.05, 0.1) is 12.2 Å². The molecule has 16 heavy (non-hydrogen) atoms. The van der Waals surface area contributed by atoms with Gasteiger partial charge in [-0.25, -0.2) is 4.98 Å². The van der Waals surface area contributed by atoms with Crippen molar-refractivity contribution in [2.24, 2.45) is 0 Å². The third kappa shape index (κ3) is 3.97. The molecule has 0 radical (unpaired) electrons. The first-order valence-electron chi connectivity index (χ1n) is 6.33. The number of nitrogens with zero attached hydrogens (tertiary/aromatic N) is 1. The van der Waals surface area contributed by atoms with Gasteiger partial charge in [0.25, 0.3) is 0 Å². The molecular weight excluding hydrogens is 200 g/mol. The summed E-state index contributed by atoms with van der Waals surface area (Å²) in [6.45, 7) is 9.15. The molecule has 0 spiro atoms. The van der Waals surface area contributed by atoms with Crippen molar-refractivity contribution in [2.45, 2.75) is 66.0 Å². The monoisotopic (exact) mass is 224 g/mol. The van der Waals surface area contributed by atoms with Crippen LogP contribution >= 0.6 is 0 Å². The van der Waals surface area contributed by atoms with Crippen LogP contribution in [-0.4, -0.2) is 11.0 Å². The Labute approximate surface area is 98.6 Å². The fourth-order valence-electron chi connectivity index (χ4n) is 1.89. The minimum atomic E-state index is 0.600. The van der Waals surface area contributed by atoms with Gasteiger partial charge >= 0.3 is 0 Å².